The van der Waals surface area contributed by atoms with Crippen molar-refractivity contribution in [2.45, 2.75) is 89.2 Å². The van der Waals surface area contributed by atoms with Crippen molar-refractivity contribution < 1.29 is 49.0 Å². The van der Waals surface area contributed by atoms with Crippen molar-refractivity contribution in [2.75, 3.05) is 11.4 Å². The van der Waals surface area contributed by atoms with Gasteiger partial charge in [0, 0.05) is 24.3 Å². The number of rotatable bonds is 6. The number of benzene rings is 1. The maximum Gasteiger partial charge on any atom is 0.417 e. The summed E-state index contributed by atoms with van der Waals surface area (Å²) >= 11 is 0. The second kappa shape index (κ2) is 11.2. The molecule has 2 atom stereocenters. The number of hydrogen-bond acceptors (Lipinski definition) is 4. The second-order valence-corrected chi connectivity index (χ2v) is 10.3. The fourth-order valence-corrected chi connectivity index (χ4v) is 5.49. The van der Waals surface area contributed by atoms with Crippen LogP contribution in [0.5, 0.6) is 0 Å². The monoisotopic (exact) mass is 597 g/mol. The summed E-state index contributed by atoms with van der Waals surface area (Å²) in [5.41, 5.74) is -4.69. The standard InChI is InChI=1S/C27H28F9N3O2/c1-3-38(21-7-5-4-6-8-21)23-17(11-20(13-37-23)27(34,35)36)14-39-15(2)22(41-24(39)40)16-9-18(25(28,29)30)12-19(10-16)26(31,32)33/h9-13,15,21-22H,3-8,14H2,1-2H3/t15-,22-/m0/s1. The van der Waals surface area contributed by atoms with E-state index in [9.17, 15) is 44.3 Å². The van der Waals surface area contributed by atoms with Gasteiger partial charge in [0.25, 0.3) is 0 Å². The molecule has 1 aliphatic carbocycles. The minimum atomic E-state index is -5.11. The SMILES string of the molecule is CCN(c1ncc(C(F)(F)F)cc1CN1C(=O)O[C@H](c2cc(C(F)(F)F)cc(C(F)(F)F)c2)[C@@H]1C)C1CCCCC1. The number of aromatic nitrogens is 1. The molecule has 0 N–H and O–H groups in total. The summed E-state index contributed by atoms with van der Waals surface area (Å²) in [7, 11) is 0. The minimum absolute atomic E-state index is 0.0123. The van der Waals surface area contributed by atoms with Crippen LogP contribution in [0.4, 0.5) is 50.1 Å². The van der Waals surface area contributed by atoms with Crippen LogP contribution in [0, 0.1) is 0 Å². The van der Waals surface area contributed by atoms with Crippen LogP contribution in [0.15, 0.2) is 30.5 Å². The average Bonchev–Trinajstić information content (AvgIpc) is 3.17. The number of ether oxygens (including phenoxy) is 1. The lowest BCUT2D eigenvalue weighted by molar-refractivity contribution is -0.143. The first-order chi connectivity index (χ1) is 19.0. The lowest BCUT2D eigenvalue weighted by atomic mass is 9.93. The van der Waals surface area contributed by atoms with Crippen LogP contribution in [0.3, 0.4) is 0 Å². The summed E-state index contributed by atoms with van der Waals surface area (Å²) in [4.78, 5) is 19.9. The van der Waals surface area contributed by atoms with Gasteiger partial charge < -0.3 is 9.64 Å². The van der Waals surface area contributed by atoms with Crippen molar-refractivity contribution in [3.05, 3.63) is 58.3 Å². The number of cyclic esters (lactones) is 1. The lowest BCUT2D eigenvalue weighted by Crippen LogP contribution is -2.39. The lowest BCUT2D eigenvalue weighted by Gasteiger charge is -2.36. The predicted octanol–water partition coefficient (Wildman–Crippen LogP) is 8.38. The predicted molar refractivity (Wildman–Crippen MR) is 130 cm³/mol. The molecule has 5 nitrogen and oxygen atoms in total. The molecule has 0 unspecified atom stereocenters. The number of halogens is 9. The van der Waals surface area contributed by atoms with Gasteiger partial charge in [-0.1, -0.05) is 19.3 Å². The van der Waals surface area contributed by atoms with Gasteiger partial charge in [-0.3, -0.25) is 4.90 Å². The molecular weight excluding hydrogens is 569 g/mol. The average molecular weight is 598 g/mol. The largest absolute Gasteiger partial charge is 0.439 e. The van der Waals surface area contributed by atoms with E-state index < -0.39 is 65.6 Å². The molecule has 2 fully saturated rings. The molecule has 226 valence electrons. The molecule has 1 amide bonds. The van der Waals surface area contributed by atoms with Crippen molar-refractivity contribution in [1.82, 2.24) is 9.88 Å². The molecule has 0 spiro atoms. The Hall–Kier alpha value is -3.19. The highest BCUT2D eigenvalue weighted by Gasteiger charge is 2.44. The quantitative estimate of drug-likeness (QED) is 0.314. The molecule has 2 aromatic rings. The number of amides is 1. The summed E-state index contributed by atoms with van der Waals surface area (Å²) in [5, 5.41) is 0. The van der Waals surface area contributed by atoms with Crippen LogP contribution in [-0.4, -0.2) is 34.6 Å². The first-order valence-corrected chi connectivity index (χ1v) is 13.1. The summed E-state index contributed by atoms with van der Waals surface area (Å²) < 4.78 is 127. The van der Waals surface area contributed by atoms with E-state index in [1.165, 1.54) is 6.92 Å². The highest BCUT2D eigenvalue weighted by Crippen LogP contribution is 2.42. The van der Waals surface area contributed by atoms with Crippen molar-refractivity contribution in [3.8, 4) is 0 Å². The van der Waals surface area contributed by atoms with Crippen molar-refractivity contribution >= 4 is 11.9 Å². The zero-order valence-electron chi connectivity index (χ0n) is 22.1. The van der Waals surface area contributed by atoms with Crippen LogP contribution in [0.25, 0.3) is 0 Å². The molecule has 0 bridgehead atoms. The zero-order valence-corrected chi connectivity index (χ0v) is 22.1. The van der Waals surface area contributed by atoms with Gasteiger partial charge in [0.2, 0.25) is 0 Å². The third-order valence-electron chi connectivity index (χ3n) is 7.57. The van der Waals surface area contributed by atoms with E-state index in [4.69, 9.17) is 4.74 Å². The number of pyridine rings is 1. The molecule has 14 heteroatoms. The Labute approximate surface area is 230 Å². The van der Waals surface area contributed by atoms with Crippen LogP contribution < -0.4 is 4.90 Å². The molecule has 4 rings (SSSR count). The van der Waals surface area contributed by atoms with E-state index in [0.29, 0.717) is 24.9 Å². The Morgan fingerprint density at radius 2 is 1.44 bits per heavy atom. The third kappa shape index (κ3) is 6.66. The number of alkyl halides is 9. The fraction of sp³-hybridized carbons (Fsp3) is 0.556. The molecule has 2 heterocycles. The summed E-state index contributed by atoms with van der Waals surface area (Å²) in [6.45, 7) is 3.15. The molecule has 2 aliphatic rings. The molecule has 1 aromatic heterocycles. The number of hydrogen-bond donors (Lipinski definition) is 0. The first-order valence-electron chi connectivity index (χ1n) is 13.1. The van der Waals surface area contributed by atoms with Crippen LogP contribution in [-0.2, 0) is 29.8 Å². The molecular formula is C27H28F9N3O2. The van der Waals surface area contributed by atoms with Gasteiger partial charge in [-0.05, 0) is 56.5 Å². The minimum Gasteiger partial charge on any atom is -0.439 e. The number of nitrogens with zero attached hydrogens (tertiary/aromatic N) is 3. The van der Waals surface area contributed by atoms with Gasteiger partial charge in [0.15, 0.2) is 0 Å². The van der Waals surface area contributed by atoms with E-state index in [1.54, 1.807) is 0 Å². The molecule has 1 aromatic carbocycles. The number of anilines is 1. The Morgan fingerprint density at radius 1 is 0.878 bits per heavy atom. The smallest absolute Gasteiger partial charge is 0.417 e. The maximum atomic E-state index is 13.6. The Balaban J connectivity index is 1.71. The van der Waals surface area contributed by atoms with Gasteiger partial charge >= 0.3 is 24.6 Å². The fourth-order valence-electron chi connectivity index (χ4n) is 5.49. The van der Waals surface area contributed by atoms with Gasteiger partial charge in [-0.15, -0.1) is 0 Å². The van der Waals surface area contributed by atoms with Crippen LogP contribution in [0.1, 0.15) is 79.9 Å². The Morgan fingerprint density at radius 3 is 1.95 bits per heavy atom. The maximum absolute atomic E-state index is 13.6. The molecule has 1 saturated carbocycles. The van der Waals surface area contributed by atoms with Crippen molar-refractivity contribution in [3.63, 3.8) is 0 Å². The molecule has 1 saturated heterocycles. The van der Waals surface area contributed by atoms with Gasteiger partial charge in [0.1, 0.15) is 11.9 Å². The van der Waals surface area contributed by atoms with E-state index >= 15 is 0 Å². The van der Waals surface area contributed by atoms with E-state index in [-0.39, 0.29) is 23.5 Å². The van der Waals surface area contributed by atoms with Gasteiger partial charge in [-0.2, -0.15) is 39.5 Å². The van der Waals surface area contributed by atoms with Gasteiger partial charge in [-0.25, -0.2) is 9.78 Å². The van der Waals surface area contributed by atoms with E-state index in [1.807, 2.05) is 11.8 Å². The molecule has 41 heavy (non-hydrogen) atoms. The number of carbonyl (C=O) groups is 1. The zero-order chi connectivity index (χ0) is 30.3. The normalized spacial score (nSPS) is 20.9. The van der Waals surface area contributed by atoms with Crippen molar-refractivity contribution in [1.29, 1.82) is 0 Å². The number of carbonyl (C=O) groups excluding carboxylic acids is 1. The topological polar surface area (TPSA) is 45.7 Å². The van der Waals surface area contributed by atoms with Gasteiger partial charge in [0.05, 0.1) is 29.3 Å². The van der Waals surface area contributed by atoms with Crippen molar-refractivity contribution in [2.24, 2.45) is 0 Å². The Bertz CT molecular complexity index is 1220. The van der Waals surface area contributed by atoms with Crippen LogP contribution in [0.2, 0.25) is 0 Å². The van der Waals surface area contributed by atoms with E-state index in [0.717, 1.165) is 43.1 Å². The Kier molecular flexibility index (Phi) is 8.43. The molecule has 1 aliphatic heterocycles. The third-order valence-corrected chi connectivity index (χ3v) is 7.57. The summed E-state index contributed by atoms with van der Waals surface area (Å²) in [6.07, 6.45) is -12.4. The highest BCUT2D eigenvalue weighted by molar-refractivity contribution is 5.71. The van der Waals surface area contributed by atoms with E-state index in [2.05, 4.69) is 4.98 Å². The van der Waals surface area contributed by atoms with Crippen LogP contribution >= 0.6 is 0 Å². The first kappa shape index (κ1) is 30.8. The summed E-state index contributed by atoms with van der Waals surface area (Å²) in [5.74, 6) is 0.231. The molecule has 0 radical (unpaired) electrons. The highest BCUT2D eigenvalue weighted by atomic mass is 19.4. The summed E-state index contributed by atoms with van der Waals surface area (Å²) in [6, 6.07) is 0.692. The second-order valence-electron chi connectivity index (χ2n) is 10.3.